The number of nitrogens with one attached hydrogen (secondary N) is 1. The minimum atomic E-state index is -0.248. The predicted molar refractivity (Wildman–Crippen MR) is 99.8 cm³/mol. The van der Waals surface area contributed by atoms with Crippen LogP contribution >= 0.6 is 11.3 Å². The van der Waals surface area contributed by atoms with Crippen LogP contribution in [0.4, 0.5) is 0 Å². The molecule has 1 atom stereocenters. The van der Waals surface area contributed by atoms with Crippen LogP contribution in [0.5, 0.6) is 5.75 Å². The van der Waals surface area contributed by atoms with Crippen LogP contribution < -0.4 is 10.1 Å². The van der Waals surface area contributed by atoms with Gasteiger partial charge in [0.05, 0.1) is 25.0 Å². The first-order valence-electron chi connectivity index (χ1n) is 8.06. The van der Waals surface area contributed by atoms with Gasteiger partial charge in [0.25, 0.3) is 5.91 Å². The molecule has 1 amide bonds. The summed E-state index contributed by atoms with van der Waals surface area (Å²) in [7, 11) is 1.54. The molecule has 1 aromatic carbocycles. The zero-order valence-electron chi connectivity index (χ0n) is 14.7. The molecule has 0 aliphatic carbocycles. The van der Waals surface area contributed by atoms with Crippen molar-refractivity contribution in [3.05, 3.63) is 63.6 Å². The average Bonchev–Trinajstić information content (AvgIpc) is 3.18. The molecule has 3 aromatic rings. The quantitative estimate of drug-likeness (QED) is 0.751. The van der Waals surface area contributed by atoms with E-state index < -0.39 is 0 Å². The summed E-state index contributed by atoms with van der Waals surface area (Å²) in [5.74, 6) is 0.203. The van der Waals surface area contributed by atoms with Gasteiger partial charge in [-0.3, -0.25) is 4.79 Å². The van der Waals surface area contributed by atoms with Gasteiger partial charge in [0.2, 0.25) is 0 Å². The van der Waals surface area contributed by atoms with E-state index in [9.17, 15) is 4.79 Å². The highest BCUT2D eigenvalue weighted by atomic mass is 32.1. The first-order valence-corrected chi connectivity index (χ1v) is 8.88. The summed E-state index contributed by atoms with van der Waals surface area (Å²) in [5, 5.41) is 7.43. The lowest BCUT2D eigenvalue weighted by atomic mass is 10.1. The largest absolute Gasteiger partial charge is 0.493 e. The third-order valence-electron chi connectivity index (χ3n) is 4.03. The number of amides is 1. The molecular formula is C19H21N3O2S. The highest BCUT2D eigenvalue weighted by Gasteiger charge is 2.21. The van der Waals surface area contributed by atoms with Gasteiger partial charge in [0, 0.05) is 9.75 Å². The van der Waals surface area contributed by atoms with Gasteiger partial charge >= 0.3 is 0 Å². The normalized spacial score (nSPS) is 12.0. The van der Waals surface area contributed by atoms with E-state index >= 15 is 0 Å². The molecule has 0 radical (unpaired) electrons. The number of nitrogens with zero attached hydrogens (tertiary/aromatic N) is 2. The molecule has 2 heterocycles. The van der Waals surface area contributed by atoms with Crippen LogP contribution in [0.15, 0.2) is 42.6 Å². The molecule has 0 saturated carbocycles. The van der Waals surface area contributed by atoms with Gasteiger partial charge in [-0.1, -0.05) is 18.2 Å². The number of methoxy groups -OCH3 is 1. The van der Waals surface area contributed by atoms with E-state index in [0.717, 1.165) is 11.3 Å². The minimum absolute atomic E-state index is 0.0935. The molecule has 0 spiro atoms. The van der Waals surface area contributed by atoms with Crippen LogP contribution in [-0.4, -0.2) is 22.8 Å². The Morgan fingerprint density at radius 2 is 2.00 bits per heavy atom. The van der Waals surface area contributed by atoms with Gasteiger partial charge in [0.1, 0.15) is 0 Å². The number of hydrogen-bond acceptors (Lipinski definition) is 4. The molecule has 0 unspecified atom stereocenters. The van der Waals surface area contributed by atoms with Crippen molar-refractivity contribution < 1.29 is 9.53 Å². The summed E-state index contributed by atoms with van der Waals surface area (Å²) in [4.78, 5) is 15.2. The molecule has 5 nitrogen and oxygen atoms in total. The average molecular weight is 355 g/mol. The Kier molecular flexibility index (Phi) is 4.90. The molecule has 6 heteroatoms. The Hall–Kier alpha value is -2.60. The summed E-state index contributed by atoms with van der Waals surface area (Å²) in [5.41, 5.74) is 2.29. The summed E-state index contributed by atoms with van der Waals surface area (Å²) in [6.45, 7) is 6.12. The Bertz CT molecular complexity index is 883. The number of para-hydroxylation sites is 1. The summed E-state index contributed by atoms with van der Waals surface area (Å²) >= 11 is 1.73. The fraction of sp³-hybridized carbons (Fsp3) is 0.263. The fourth-order valence-electron chi connectivity index (χ4n) is 2.80. The Balaban J connectivity index is 1.84. The number of carbonyl (C=O) groups excluding carboxylic acids is 1. The maximum Gasteiger partial charge on any atom is 0.276 e. The van der Waals surface area contributed by atoms with Crippen molar-refractivity contribution in [3.63, 3.8) is 0 Å². The van der Waals surface area contributed by atoms with E-state index in [0.29, 0.717) is 5.75 Å². The summed E-state index contributed by atoms with van der Waals surface area (Å²) < 4.78 is 6.99. The lowest BCUT2D eigenvalue weighted by Gasteiger charge is -2.13. The van der Waals surface area contributed by atoms with E-state index in [1.165, 1.54) is 9.75 Å². The SMILES string of the molecule is COc1cn(-c2ccccc2)nc1C(=O)N[C@H](C)c1cc(C)sc1C. The van der Waals surface area contributed by atoms with Crippen molar-refractivity contribution >= 4 is 17.2 Å². The van der Waals surface area contributed by atoms with E-state index in [1.54, 1.807) is 29.3 Å². The number of aryl methyl sites for hydroxylation is 2. The van der Waals surface area contributed by atoms with Crippen LogP contribution in [0, 0.1) is 13.8 Å². The van der Waals surface area contributed by atoms with Crippen molar-refractivity contribution in [1.29, 1.82) is 0 Å². The van der Waals surface area contributed by atoms with Gasteiger partial charge in [-0.2, -0.15) is 5.10 Å². The summed E-state index contributed by atoms with van der Waals surface area (Å²) in [6.07, 6.45) is 1.72. The van der Waals surface area contributed by atoms with Crippen LogP contribution in [0.3, 0.4) is 0 Å². The molecule has 0 bridgehead atoms. The molecule has 3 rings (SSSR count). The molecule has 1 N–H and O–H groups in total. The third kappa shape index (κ3) is 3.58. The predicted octanol–water partition coefficient (Wildman–Crippen LogP) is 4.05. The zero-order valence-corrected chi connectivity index (χ0v) is 15.6. The Morgan fingerprint density at radius 3 is 2.60 bits per heavy atom. The summed E-state index contributed by atoms with van der Waals surface area (Å²) in [6, 6.07) is 11.7. The Labute approximate surface area is 151 Å². The maximum absolute atomic E-state index is 12.7. The molecule has 0 aliphatic heterocycles. The van der Waals surface area contributed by atoms with Crippen molar-refractivity contribution in [2.45, 2.75) is 26.8 Å². The Morgan fingerprint density at radius 1 is 1.28 bits per heavy atom. The molecular weight excluding hydrogens is 334 g/mol. The number of aromatic nitrogens is 2. The van der Waals surface area contributed by atoms with Crippen LogP contribution in [-0.2, 0) is 0 Å². The van der Waals surface area contributed by atoms with Gasteiger partial charge < -0.3 is 10.1 Å². The molecule has 130 valence electrons. The lowest BCUT2D eigenvalue weighted by molar-refractivity contribution is 0.0931. The third-order valence-corrected chi connectivity index (χ3v) is 5.01. The number of thiophene rings is 1. The van der Waals surface area contributed by atoms with E-state index in [2.05, 4.69) is 30.3 Å². The monoisotopic (exact) mass is 355 g/mol. The van der Waals surface area contributed by atoms with Crippen molar-refractivity contribution in [2.75, 3.05) is 7.11 Å². The minimum Gasteiger partial charge on any atom is -0.493 e. The second-order valence-electron chi connectivity index (χ2n) is 5.89. The second kappa shape index (κ2) is 7.11. The lowest BCUT2D eigenvalue weighted by Crippen LogP contribution is -2.27. The molecule has 0 fully saturated rings. The van der Waals surface area contributed by atoms with Crippen LogP contribution in [0.1, 0.15) is 38.8 Å². The number of benzene rings is 1. The van der Waals surface area contributed by atoms with E-state index in [1.807, 2.05) is 37.3 Å². The second-order valence-corrected chi connectivity index (χ2v) is 7.35. The number of rotatable bonds is 5. The van der Waals surface area contributed by atoms with Gasteiger partial charge in [0.15, 0.2) is 11.4 Å². The standard InChI is InChI=1S/C19H21N3O2S/c1-12-10-16(14(3)25-12)13(2)20-19(23)18-17(24-4)11-22(21-18)15-8-6-5-7-9-15/h5-11,13H,1-4H3,(H,20,23)/t13-/m1/s1. The van der Waals surface area contributed by atoms with Crippen LogP contribution in [0.25, 0.3) is 5.69 Å². The van der Waals surface area contributed by atoms with Crippen molar-refractivity contribution in [2.24, 2.45) is 0 Å². The van der Waals surface area contributed by atoms with E-state index in [-0.39, 0.29) is 17.6 Å². The van der Waals surface area contributed by atoms with Gasteiger partial charge in [-0.05, 0) is 44.5 Å². The number of ether oxygens (including phenoxy) is 1. The highest BCUT2D eigenvalue weighted by Crippen LogP contribution is 2.27. The zero-order chi connectivity index (χ0) is 18.0. The first-order chi connectivity index (χ1) is 12.0. The van der Waals surface area contributed by atoms with Crippen molar-refractivity contribution in [3.8, 4) is 11.4 Å². The maximum atomic E-state index is 12.7. The smallest absolute Gasteiger partial charge is 0.276 e. The van der Waals surface area contributed by atoms with Crippen LogP contribution in [0.2, 0.25) is 0 Å². The number of carbonyl (C=O) groups is 1. The van der Waals surface area contributed by atoms with Gasteiger partial charge in [-0.15, -0.1) is 11.3 Å². The van der Waals surface area contributed by atoms with Gasteiger partial charge in [-0.25, -0.2) is 4.68 Å². The molecule has 2 aromatic heterocycles. The van der Waals surface area contributed by atoms with Crippen molar-refractivity contribution in [1.82, 2.24) is 15.1 Å². The topological polar surface area (TPSA) is 56.2 Å². The molecule has 0 aliphatic rings. The van der Waals surface area contributed by atoms with E-state index in [4.69, 9.17) is 4.74 Å². The molecule has 0 saturated heterocycles. The number of hydrogen-bond donors (Lipinski definition) is 1. The highest BCUT2D eigenvalue weighted by molar-refractivity contribution is 7.12. The molecule has 25 heavy (non-hydrogen) atoms. The first kappa shape index (κ1) is 17.2. The fourth-order valence-corrected chi connectivity index (χ4v) is 3.82.